The largest absolute Gasteiger partial charge is 0.381 e. The van der Waals surface area contributed by atoms with Crippen molar-refractivity contribution >= 4 is 11.3 Å². The molecule has 2 nitrogen and oxygen atoms in total. The monoisotopic (exact) mass is 267 g/mol. The van der Waals surface area contributed by atoms with Crippen molar-refractivity contribution in [3.63, 3.8) is 0 Å². The van der Waals surface area contributed by atoms with Gasteiger partial charge in [0.25, 0.3) is 0 Å². The number of rotatable bonds is 8. The highest BCUT2D eigenvalue weighted by molar-refractivity contribution is 7.07. The van der Waals surface area contributed by atoms with Crippen molar-refractivity contribution in [2.24, 2.45) is 5.92 Å². The summed E-state index contributed by atoms with van der Waals surface area (Å²) in [4.78, 5) is 0. The molecule has 2 heterocycles. The fourth-order valence-corrected chi connectivity index (χ4v) is 3.30. The summed E-state index contributed by atoms with van der Waals surface area (Å²) < 4.78 is 5.49. The quantitative estimate of drug-likeness (QED) is 0.778. The van der Waals surface area contributed by atoms with E-state index >= 15 is 0 Å². The average Bonchev–Trinajstić information content (AvgIpc) is 3.05. The van der Waals surface area contributed by atoms with E-state index in [1.54, 1.807) is 11.3 Å². The summed E-state index contributed by atoms with van der Waals surface area (Å²) in [7, 11) is 0. The van der Waals surface area contributed by atoms with Crippen molar-refractivity contribution in [3.05, 3.63) is 22.4 Å². The predicted molar refractivity (Wildman–Crippen MR) is 78.3 cm³/mol. The number of aryl methyl sites for hydroxylation is 1. The molecule has 0 bridgehead atoms. The van der Waals surface area contributed by atoms with E-state index in [0.29, 0.717) is 6.04 Å². The van der Waals surface area contributed by atoms with Gasteiger partial charge in [-0.3, -0.25) is 0 Å². The molecule has 1 aliphatic heterocycles. The Bertz CT molecular complexity index is 306. The van der Waals surface area contributed by atoms with Crippen LogP contribution in [0.1, 0.15) is 38.2 Å². The molecular weight excluding hydrogens is 242 g/mol. The molecule has 102 valence electrons. The minimum Gasteiger partial charge on any atom is -0.381 e. The van der Waals surface area contributed by atoms with Crippen molar-refractivity contribution in [2.75, 3.05) is 19.8 Å². The Kier molecular flexibility index (Phi) is 6.18. The van der Waals surface area contributed by atoms with Gasteiger partial charge in [-0.15, -0.1) is 0 Å². The second kappa shape index (κ2) is 7.93. The van der Waals surface area contributed by atoms with E-state index in [1.165, 1.54) is 37.7 Å². The summed E-state index contributed by atoms with van der Waals surface area (Å²) in [6.07, 6.45) is 6.22. The van der Waals surface area contributed by atoms with Crippen LogP contribution in [0.25, 0.3) is 0 Å². The molecule has 2 rings (SSSR count). The van der Waals surface area contributed by atoms with Crippen LogP contribution in [-0.4, -0.2) is 25.8 Å². The molecular formula is C15H25NOS. The lowest BCUT2D eigenvalue weighted by atomic mass is 9.95. The van der Waals surface area contributed by atoms with Gasteiger partial charge >= 0.3 is 0 Å². The van der Waals surface area contributed by atoms with Crippen LogP contribution >= 0.6 is 11.3 Å². The zero-order valence-corrected chi connectivity index (χ0v) is 12.2. The second-order valence-corrected chi connectivity index (χ2v) is 6.07. The van der Waals surface area contributed by atoms with E-state index in [4.69, 9.17) is 4.74 Å². The highest BCUT2D eigenvalue weighted by Crippen LogP contribution is 2.20. The van der Waals surface area contributed by atoms with Crippen LogP contribution in [0.15, 0.2) is 16.8 Å². The molecule has 1 aromatic rings. The van der Waals surface area contributed by atoms with Gasteiger partial charge in [0.2, 0.25) is 0 Å². The Hall–Kier alpha value is -0.380. The van der Waals surface area contributed by atoms with Gasteiger partial charge < -0.3 is 10.1 Å². The average molecular weight is 267 g/mol. The summed E-state index contributed by atoms with van der Waals surface area (Å²) >= 11 is 1.80. The Morgan fingerprint density at radius 2 is 2.50 bits per heavy atom. The zero-order valence-electron chi connectivity index (χ0n) is 11.4. The lowest BCUT2D eigenvalue weighted by Gasteiger charge is -2.21. The molecule has 0 radical (unpaired) electrons. The van der Waals surface area contributed by atoms with E-state index in [9.17, 15) is 0 Å². The molecule has 1 fully saturated rings. The SMILES string of the molecule is CCCNC(CCc1ccsc1)CC1CCOC1. The van der Waals surface area contributed by atoms with Crippen LogP contribution in [0.5, 0.6) is 0 Å². The van der Waals surface area contributed by atoms with Crippen LogP contribution in [-0.2, 0) is 11.2 Å². The van der Waals surface area contributed by atoms with Crippen LogP contribution in [0.2, 0.25) is 0 Å². The summed E-state index contributed by atoms with van der Waals surface area (Å²) in [5.74, 6) is 0.779. The molecule has 0 saturated carbocycles. The standard InChI is InChI=1S/C15H25NOS/c1-2-7-16-15(10-14-5-8-17-11-14)4-3-13-6-9-18-12-13/h6,9,12,14-16H,2-5,7-8,10-11H2,1H3. The van der Waals surface area contributed by atoms with Crippen molar-refractivity contribution < 1.29 is 4.74 Å². The highest BCUT2D eigenvalue weighted by atomic mass is 32.1. The summed E-state index contributed by atoms with van der Waals surface area (Å²) in [6, 6.07) is 2.91. The van der Waals surface area contributed by atoms with Gasteiger partial charge in [-0.05, 0) is 67.0 Å². The predicted octanol–water partition coefficient (Wildman–Crippen LogP) is 3.48. The van der Waals surface area contributed by atoms with E-state index in [-0.39, 0.29) is 0 Å². The van der Waals surface area contributed by atoms with Crippen LogP contribution in [0, 0.1) is 5.92 Å². The molecule has 2 atom stereocenters. The van der Waals surface area contributed by atoms with Gasteiger partial charge in [-0.1, -0.05) is 6.92 Å². The van der Waals surface area contributed by atoms with Crippen LogP contribution in [0.4, 0.5) is 0 Å². The van der Waals surface area contributed by atoms with Gasteiger partial charge in [0.1, 0.15) is 0 Å². The second-order valence-electron chi connectivity index (χ2n) is 5.29. The molecule has 0 amide bonds. The normalized spacial score (nSPS) is 21.3. The van der Waals surface area contributed by atoms with Crippen molar-refractivity contribution in [1.82, 2.24) is 5.32 Å². The van der Waals surface area contributed by atoms with Crippen LogP contribution in [0.3, 0.4) is 0 Å². The molecule has 0 aromatic carbocycles. The maximum atomic E-state index is 5.49. The third kappa shape index (κ3) is 4.71. The smallest absolute Gasteiger partial charge is 0.0495 e. The molecule has 1 N–H and O–H groups in total. The Morgan fingerprint density at radius 3 is 3.17 bits per heavy atom. The van der Waals surface area contributed by atoms with Crippen molar-refractivity contribution in [3.8, 4) is 0 Å². The lowest BCUT2D eigenvalue weighted by Crippen LogP contribution is -2.32. The van der Waals surface area contributed by atoms with Crippen molar-refractivity contribution in [1.29, 1.82) is 0 Å². The molecule has 1 aliphatic rings. The first kappa shape index (κ1) is 14.0. The fraction of sp³-hybridized carbons (Fsp3) is 0.733. The Labute approximate surface area is 115 Å². The minimum absolute atomic E-state index is 0.663. The fourth-order valence-electron chi connectivity index (χ4n) is 2.60. The molecule has 1 saturated heterocycles. The summed E-state index contributed by atoms with van der Waals surface area (Å²) in [5.41, 5.74) is 1.49. The van der Waals surface area contributed by atoms with Gasteiger partial charge in [0.15, 0.2) is 0 Å². The number of nitrogens with one attached hydrogen (secondary N) is 1. The zero-order chi connectivity index (χ0) is 12.6. The van der Waals surface area contributed by atoms with Gasteiger partial charge in [-0.2, -0.15) is 11.3 Å². The number of thiophene rings is 1. The molecule has 18 heavy (non-hydrogen) atoms. The Balaban J connectivity index is 1.75. The topological polar surface area (TPSA) is 21.3 Å². The third-order valence-electron chi connectivity index (χ3n) is 3.69. The van der Waals surface area contributed by atoms with Crippen molar-refractivity contribution in [2.45, 2.75) is 45.1 Å². The third-order valence-corrected chi connectivity index (χ3v) is 4.42. The van der Waals surface area contributed by atoms with Gasteiger partial charge in [-0.25, -0.2) is 0 Å². The summed E-state index contributed by atoms with van der Waals surface area (Å²) in [5, 5.41) is 8.16. The van der Waals surface area contributed by atoms with E-state index < -0.39 is 0 Å². The molecule has 3 heteroatoms. The number of hydrogen-bond acceptors (Lipinski definition) is 3. The molecule has 0 aliphatic carbocycles. The Morgan fingerprint density at radius 1 is 1.56 bits per heavy atom. The van der Waals surface area contributed by atoms with Gasteiger partial charge in [0.05, 0.1) is 0 Å². The maximum absolute atomic E-state index is 5.49. The first-order chi connectivity index (χ1) is 8.88. The van der Waals surface area contributed by atoms with Gasteiger partial charge in [0, 0.05) is 19.3 Å². The number of hydrogen-bond donors (Lipinski definition) is 1. The number of ether oxygens (including phenoxy) is 1. The molecule has 2 unspecified atom stereocenters. The first-order valence-corrected chi connectivity index (χ1v) is 8.15. The van der Waals surface area contributed by atoms with E-state index in [2.05, 4.69) is 29.1 Å². The van der Waals surface area contributed by atoms with E-state index in [0.717, 1.165) is 25.7 Å². The lowest BCUT2D eigenvalue weighted by molar-refractivity contribution is 0.181. The van der Waals surface area contributed by atoms with E-state index in [1.807, 2.05) is 0 Å². The molecule has 1 aromatic heterocycles. The van der Waals surface area contributed by atoms with Crippen LogP contribution < -0.4 is 5.32 Å². The summed E-state index contributed by atoms with van der Waals surface area (Å²) in [6.45, 7) is 5.32. The maximum Gasteiger partial charge on any atom is 0.0495 e. The highest BCUT2D eigenvalue weighted by Gasteiger charge is 2.20. The first-order valence-electron chi connectivity index (χ1n) is 7.20. The molecule has 0 spiro atoms. The minimum atomic E-state index is 0.663.